The Morgan fingerprint density at radius 3 is 2.06 bits per heavy atom. The molecule has 0 amide bonds. The van der Waals surface area contributed by atoms with Crippen LogP contribution in [0.2, 0.25) is 0 Å². The lowest BCUT2D eigenvalue weighted by Gasteiger charge is -2.42. The molecular weight excluding hydrogens is 208 g/mol. The summed E-state index contributed by atoms with van der Waals surface area (Å²) in [6.45, 7) is 12.7. The molecule has 1 heterocycles. The van der Waals surface area contributed by atoms with E-state index in [4.69, 9.17) is 0 Å². The summed E-state index contributed by atoms with van der Waals surface area (Å²) in [4.78, 5) is 2.68. The molecule has 1 aliphatic heterocycles. The SMILES string of the molecule is CCCCCN1CC[N+](C)(CCCCC)CC1. The summed E-state index contributed by atoms with van der Waals surface area (Å²) in [5.74, 6) is 0. The first-order valence-electron chi connectivity index (χ1n) is 7.76. The maximum Gasteiger partial charge on any atom is 0.0914 e. The van der Waals surface area contributed by atoms with Gasteiger partial charge in [-0.15, -0.1) is 0 Å². The van der Waals surface area contributed by atoms with Gasteiger partial charge in [-0.25, -0.2) is 0 Å². The van der Waals surface area contributed by atoms with Crippen LogP contribution in [0.4, 0.5) is 0 Å². The highest BCUT2D eigenvalue weighted by Gasteiger charge is 2.27. The summed E-state index contributed by atoms with van der Waals surface area (Å²) in [6, 6.07) is 0. The van der Waals surface area contributed by atoms with Gasteiger partial charge >= 0.3 is 0 Å². The first kappa shape index (κ1) is 15.0. The van der Waals surface area contributed by atoms with Gasteiger partial charge in [0.15, 0.2) is 0 Å². The van der Waals surface area contributed by atoms with Crippen molar-refractivity contribution in [1.82, 2.24) is 4.90 Å². The van der Waals surface area contributed by atoms with E-state index in [1.54, 1.807) is 0 Å². The van der Waals surface area contributed by atoms with Crippen molar-refractivity contribution in [3.8, 4) is 0 Å². The molecule has 102 valence electrons. The summed E-state index contributed by atoms with van der Waals surface area (Å²) in [5, 5.41) is 0. The Bertz CT molecular complexity index is 183. The van der Waals surface area contributed by atoms with Crippen LogP contribution in [0.1, 0.15) is 52.4 Å². The molecule has 2 heteroatoms. The zero-order chi connectivity index (χ0) is 12.6. The van der Waals surface area contributed by atoms with Gasteiger partial charge in [-0.2, -0.15) is 0 Å². The van der Waals surface area contributed by atoms with Crippen LogP contribution in [-0.2, 0) is 0 Å². The quantitative estimate of drug-likeness (QED) is 0.466. The van der Waals surface area contributed by atoms with Gasteiger partial charge in [0, 0.05) is 13.1 Å². The molecule has 0 spiro atoms. The van der Waals surface area contributed by atoms with E-state index in [1.807, 2.05) is 0 Å². The topological polar surface area (TPSA) is 3.24 Å². The lowest BCUT2D eigenvalue weighted by molar-refractivity contribution is -0.913. The Hall–Kier alpha value is -0.0800. The molecule has 0 N–H and O–H groups in total. The molecule has 0 radical (unpaired) electrons. The molecule has 0 aliphatic carbocycles. The molecule has 0 aromatic rings. The van der Waals surface area contributed by atoms with Crippen LogP contribution >= 0.6 is 0 Å². The first-order chi connectivity index (χ1) is 8.20. The Morgan fingerprint density at radius 1 is 0.882 bits per heavy atom. The summed E-state index contributed by atoms with van der Waals surface area (Å²) >= 11 is 0. The first-order valence-corrected chi connectivity index (χ1v) is 7.76. The van der Waals surface area contributed by atoms with Crippen LogP contribution in [0.5, 0.6) is 0 Å². The molecule has 0 bridgehead atoms. The largest absolute Gasteiger partial charge is 0.324 e. The Balaban J connectivity index is 2.15. The molecule has 0 aromatic carbocycles. The average molecular weight is 241 g/mol. The van der Waals surface area contributed by atoms with E-state index in [2.05, 4.69) is 25.8 Å². The highest BCUT2D eigenvalue weighted by atomic mass is 15.4. The molecular formula is C15H33N2+. The second-order valence-electron chi connectivity index (χ2n) is 6.05. The number of nitrogens with zero attached hydrogens (tertiary/aromatic N) is 2. The lowest BCUT2D eigenvalue weighted by Crippen LogP contribution is -2.57. The predicted octanol–water partition coefficient (Wildman–Crippen LogP) is 3.13. The standard InChI is InChI=1S/C15H33N2/c1-4-6-8-10-16-11-14-17(3,15-12-16)13-9-7-5-2/h4-15H2,1-3H3/q+1. The second kappa shape index (κ2) is 8.10. The zero-order valence-corrected chi connectivity index (χ0v) is 12.4. The Labute approximate surface area is 109 Å². The fraction of sp³-hybridized carbons (Fsp3) is 1.00. The molecule has 0 atom stereocenters. The van der Waals surface area contributed by atoms with Crippen LogP contribution in [0.25, 0.3) is 0 Å². The predicted molar refractivity (Wildman–Crippen MR) is 76.3 cm³/mol. The molecule has 1 saturated heterocycles. The molecule has 1 aliphatic rings. The van der Waals surface area contributed by atoms with Gasteiger partial charge in [0.1, 0.15) is 0 Å². The summed E-state index contributed by atoms with van der Waals surface area (Å²) < 4.78 is 1.32. The minimum Gasteiger partial charge on any atom is -0.324 e. The Kier molecular flexibility index (Phi) is 7.14. The third kappa shape index (κ3) is 5.87. The number of hydrogen-bond donors (Lipinski definition) is 0. The normalized spacial score (nSPS) is 20.6. The van der Waals surface area contributed by atoms with Crippen LogP contribution in [0, 0.1) is 0 Å². The summed E-state index contributed by atoms with van der Waals surface area (Å²) in [6.07, 6.45) is 8.33. The summed E-state index contributed by atoms with van der Waals surface area (Å²) in [5.41, 5.74) is 0. The van der Waals surface area contributed by atoms with Gasteiger partial charge in [-0.05, 0) is 25.8 Å². The maximum atomic E-state index is 2.68. The van der Waals surface area contributed by atoms with Crippen LogP contribution in [0.15, 0.2) is 0 Å². The third-order valence-corrected chi connectivity index (χ3v) is 4.29. The van der Waals surface area contributed by atoms with Gasteiger partial charge in [0.25, 0.3) is 0 Å². The van der Waals surface area contributed by atoms with Crippen molar-refractivity contribution >= 4 is 0 Å². The number of hydrogen-bond acceptors (Lipinski definition) is 1. The van der Waals surface area contributed by atoms with E-state index >= 15 is 0 Å². The maximum absolute atomic E-state index is 2.68. The zero-order valence-electron chi connectivity index (χ0n) is 12.4. The van der Waals surface area contributed by atoms with Gasteiger partial charge in [0.05, 0.1) is 26.7 Å². The minimum absolute atomic E-state index is 1.32. The Morgan fingerprint density at radius 2 is 1.47 bits per heavy atom. The summed E-state index contributed by atoms with van der Waals surface area (Å²) in [7, 11) is 2.46. The van der Waals surface area contributed by atoms with Gasteiger partial charge in [-0.3, -0.25) is 4.90 Å². The van der Waals surface area contributed by atoms with Crippen molar-refractivity contribution < 1.29 is 4.48 Å². The highest BCUT2D eigenvalue weighted by molar-refractivity contribution is 4.63. The van der Waals surface area contributed by atoms with Crippen LogP contribution in [0.3, 0.4) is 0 Å². The van der Waals surface area contributed by atoms with E-state index in [1.165, 1.54) is 82.3 Å². The number of quaternary nitrogens is 1. The van der Waals surface area contributed by atoms with Crippen molar-refractivity contribution in [2.45, 2.75) is 52.4 Å². The van der Waals surface area contributed by atoms with E-state index in [-0.39, 0.29) is 0 Å². The number of unbranched alkanes of at least 4 members (excludes halogenated alkanes) is 4. The van der Waals surface area contributed by atoms with E-state index in [0.717, 1.165) is 0 Å². The lowest BCUT2D eigenvalue weighted by atomic mass is 10.2. The molecule has 2 nitrogen and oxygen atoms in total. The van der Waals surface area contributed by atoms with Crippen molar-refractivity contribution in [3.05, 3.63) is 0 Å². The smallest absolute Gasteiger partial charge is 0.0914 e. The van der Waals surface area contributed by atoms with Crippen molar-refractivity contribution in [2.75, 3.05) is 46.3 Å². The van der Waals surface area contributed by atoms with E-state index < -0.39 is 0 Å². The molecule has 0 unspecified atom stereocenters. The minimum atomic E-state index is 1.32. The number of rotatable bonds is 8. The highest BCUT2D eigenvalue weighted by Crippen LogP contribution is 2.13. The monoisotopic (exact) mass is 241 g/mol. The number of likely N-dealkylation sites (N-methyl/N-ethyl adjacent to an activating group) is 1. The molecule has 0 aromatic heterocycles. The fourth-order valence-corrected chi connectivity index (χ4v) is 2.77. The molecule has 17 heavy (non-hydrogen) atoms. The van der Waals surface area contributed by atoms with Crippen molar-refractivity contribution in [2.24, 2.45) is 0 Å². The third-order valence-electron chi connectivity index (χ3n) is 4.29. The van der Waals surface area contributed by atoms with E-state index in [0.29, 0.717) is 0 Å². The molecule has 1 fully saturated rings. The van der Waals surface area contributed by atoms with Crippen LogP contribution < -0.4 is 0 Å². The van der Waals surface area contributed by atoms with E-state index in [9.17, 15) is 0 Å². The van der Waals surface area contributed by atoms with Crippen molar-refractivity contribution in [1.29, 1.82) is 0 Å². The average Bonchev–Trinajstić information content (AvgIpc) is 2.33. The van der Waals surface area contributed by atoms with Gasteiger partial charge in [-0.1, -0.05) is 33.1 Å². The number of piperazine rings is 1. The van der Waals surface area contributed by atoms with Gasteiger partial charge < -0.3 is 4.48 Å². The van der Waals surface area contributed by atoms with Crippen LogP contribution in [-0.4, -0.2) is 55.7 Å². The van der Waals surface area contributed by atoms with Crippen molar-refractivity contribution in [3.63, 3.8) is 0 Å². The second-order valence-corrected chi connectivity index (χ2v) is 6.05. The fourth-order valence-electron chi connectivity index (χ4n) is 2.77. The van der Waals surface area contributed by atoms with Gasteiger partial charge in [0.2, 0.25) is 0 Å². The molecule has 1 rings (SSSR count). The molecule has 0 saturated carbocycles.